The van der Waals surface area contributed by atoms with E-state index in [4.69, 9.17) is 85.3 Å². The summed E-state index contributed by atoms with van der Waals surface area (Å²) in [6.07, 6.45) is -15.8. The normalized spacial score (nSPS) is 27.2. The zero-order chi connectivity index (χ0) is 97.4. The fourth-order valence-corrected chi connectivity index (χ4v) is 19.1. The zero-order valence-corrected chi connectivity index (χ0v) is 75.8. The molecule has 49 heteroatoms. The number of thiazole rings is 1. The summed E-state index contributed by atoms with van der Waals surface area (Å²) in [5.74, 6) is -19.2. The van der Waals surface area contributed by atoms with E-state index in [1.165, 1.54) is 44.8 Å². The highest BCUT2D eigenvalue weighted by Gasteiger charge is 2.56. The van der Waals surface area contributed by atoms with Crippen LogP contribution < -0.4 is 83.8 Å². The number of benzene rings is 5. The van der Waals surface area contributed by atoms with E-state index in [1.54, 1.807) is 49.0 Å². The number of hydrogen-bond donors (Lipinski definition) is 22. The molecule has 5 aromatic carbocycles. The third kappa shape index (κ3) is 21.2. The molecule has 3 saturated heterocycles. The molecule has 25 N–H and O–H groups in total. The molecule has 9 aliphatic heterocycles. The average Bonchev–Trinajstić information content (AvgIpc) is 0.820. The van der Waals surface area contributed by atoms with Gasteiger partial charge in [0.2, 0.25) is 59.3 Å². The summed E-state index contributed by atoms with van der Waals surface area (Å²) in [5, 5.41) is 141. The number of carbonyl (C=O) groups is 11. The van der Waals surface area contributed by atoms with Gasteiger partial charge in [0.15, 0.2) is 53.7 Å². The van der Waals surface area contributed by atoms with Crippen LogP contribution in [0, 0.1) is 5.92 Å². The summed E-state index contributed by atoms with van der Waals surface area (Å²) in [4.78, 5) is 173. The molecule has 2 unspecified atom stereocenters. The van der Waals surface area contributed by atoms with Crippen LogP contribution in [-0.4, -0.2) is 255 Å². The second kappa shape index (κ2) is 41.1. The van der Waals surface area contributed by atoms with Crippen LogP contribution in [0.1, 0.15) is 111 Å². The molecular formula is C86H94Cl3N16O28S2+. The number of oxime groups is 1. The molecule has 718 valence electrons. The second-order valence-electron chi connectivity index (χ2n) is 33.3. The Balaban J connectivity index is 0.865. The standard InChI is InChI=1S/C86H93Cl3N16O28S2/c1-32(2)19-44(93-5)73(116)99-61-65(111)35-10-13-48(42(87)21-35)129-50-23-37-24-51(69(50)133-84-70(68(114)67(113)52(30-106)131-84)132-54-28-86(4,92)71(115)33(3)128-54)130-49-14-11-36(22-43(49)88)66(112)62-80(123)98-58(41-25-39(107)26-47(109)55(41)40-20-34(9-12-46(40)108)56(76(119)100-62)97-77(120)57(37)96-74(117)45(27-53(90)110)95-79(61)122)75(118)94-15-18-127-103-60(59-72(89)135-85(91)102-59)78(121)101-63-81(124)105-64(83(125)126)38(31-134-82(63)105)29-104-16-7-6-8-17-104/h6-14,16-17,20-26,32-33,44-45,52,54,56-58,61-63,65-68,70-71,82,84,93,106,111-115H,15,18-19,27-31,92H2,1-5H3,(H15-,90,91,94,95,96,97,98,99,100,101,102,103,107,108,109,110,116,117,118,119,120,121,122,123,125,126)/p+1/t33-,44+,45-,52+,54-,56+,57+,58-,61?,62-,63+,65+,66+,67+,68-,70+,71+,82?,84-,86-/m0/s1. The number of anilines is 1. The topological polar surface area (TPSA) is 673 Å². The van der Waals surface area contributed by atoms with Crippen LogP contribution in [0.25, 0.3) is 11.1 Å². The van der Waals surface area contributed by atoms with Crippen LogP contribution in [0.5, 0.6) is 46.0 Å². The molecule has 10 amide bonds. The van der Waals surface area contributed by atoms with E-state index in [0.717, 1.165) is 83.0 Å². The maximum Gasteiger partial charge on any atom is 0.352 e. The van der Waals surface area contributed by atoms with Crippen LogP contribution in [0.2, 0.25) is 14.4 Å². The van der Waals surface area contributed by atoms with Gasteiger partial charge in [0.05, 0.1) is 47.9 Å². The Morgan fingerprint density at radius 1 is 0.756 bits per heavy atom. The van der Waals surface area contributed by atoms with Gasteiger partial charge < -0.3 is 149 Å². The second-order valence-corrected chi connectivity index (χ2v) is 36.8. The minimum absolute atomic E-state index is 0.130. The fourth-order valence-electron chi connectivity index (χ4n) is 16.4. The maximum atomic E-state index is 16.4. The number of aliphatic hydroxyl groups excluding tert-OH is 6. The van der Waals surface area contributed by atoms with Crippen molar-refractivity contribution in [3.05, 3.63) is 169 Å². The number of pyridine rings is 1. The number of nitrogens with two attached hydrogens (primary N) is 3. The lowest BCUT2D eigenvalue weighted by molar-refractivity contribution is -0.689. The number of hydrogen-bond acceptors (Lipinski definition) is 34. The number of rotatable bonds is 23. The molecule has 135 heavy (non-hydrogen) atoms. The first kappa shape index (κ1) is 98.6. The van der Waals surface area contributed by atoms with E-state index in [9.17, 15) is 75.0 Å². The number of aromatic hydroxyl groups is 3. The van der Waals surface area contributed by atoms with E-state index in [0.29, 0.717) is 5.57 Å². The third-order valence-electron chi connectivity index (χ3n) is 23.2. The molecule has 11 heterocycles. The number of aromatic nitrogens is 2. The molecule has 9 aliphatic rings. The number of primary amides is 1. The van der Waals surface area contributed by atoms with Crippen LogP contribution in [0.4, 0.5) is 5.13 Å². The molecule has 44 nitrogen and oxygen atoms in total. The van der Waals surface area contributed by atoms with E-state index >= 15 is 28.8 Å². The fraction of sp³-hybridized carbons (Fsp3) is 0.395. The lowest BCUT2D eigenvalue weighted by Gasteiger charge is -2.49. The molecule has 20 atom stereocenters. The summed E-state index contributed by atoms with van der Waals surface area (Å²) >= 11 is 22.8. The minimum Gasteiger partial charge on any atom is -0.508 e. The largest absolute Gasteiger partial charge is 0.508 e. The number of carboxylic acid groups (broad SMARTS) is 1. The van der Waals surface area contributed by atoms with Crippen molar-refractivity contribution in [2.24, 2.45) is 22.5 Å². The van der Waals surface area contributed by atoms with Gasteiger partial charge in [0.1, 0.15) is 129 Å². The number of halogens is 3. The quantitative estimate of drug-likeness (QED) is 0.0132. The minimum atomic E-state index is -2.42. The van der Waals surface area contributed by atoms with Crippen LogP contribution in [-0.2, 0) is 78.3 Å². The van der Waals surface area contributed by atoms with Crippen molar-refractivity contribution < 1.29 is 142 Å². The van der Waals surface area contributed by atoms with Gasteiger partial charge in [-0.25, -0.2) is 14.3 Å². The number of nitrogens with one attached hydrogen (secondary N) is 9. The number of ether oxygens (including phenoxy) is 6. The van der Waals surface area contributed by atoms with E-state index in [2.05, 4.69) is 58.0 Å². The van der Waals surface area contributed by atoms with Gasteiger partial charge >= 0.3 is 5.97 Å². The summed E-state index contributed by atoms with van der Waals surface area (Å²) in [7, 11) is 1.46. The van der Waals surface area contributed by atoms with Gasteiger partial charge in [0.25, 0.3) is 11.8 Å². The van der Waals surface area contributed by atoms with Crippen LogP contribution in [0.3, 0.4) is 0 Å². The highest BCUT2D eigenvalue weighted by atomic mass is 35.5. The monoisotopic (exact) mass is 1970 g/mol. The summed E-state index contributed by atoms with van der Waals surface area (Å²) in [6, 6.07) is 2.71. The molecule has 0 saturated carbocycles. The molecule has 2 aromatic heterocycles. The number of nitrogen functional groups attached to an aromatic ring is 1. The Morgan fingerprint density at radius 2 is 1.41 bits per heavy atom. The highest BCUT2D eigenvalue weighted by Crippen LogP contribution is 2.51. The molecule has 0 spiro atoms. The predicted molar refractivity (Wildman–Crippen MR) is 475 cm³/mol. The molecule has 0 radical (unpaired) electrons. The van der Waals surface area contributed by atoms with Crippen molar-refractivity contribution in [2.45, 2.75) is 174 Å². The van der Waals surface area contributed by atoms with Crippen molar-refractivity contribution in [2.75, 3.05) is 38.3 Å². The van der Waals surface area contributed by atoms with E-state index in [1.807, 2.05) is 0 Å². The Kier molecular flexibility index (Phi) is 30.0. The molecule has 11 bridgehead atoms. The van der Waals surface area contributed by atoms with Crippen molar-refractivity contribution >= 4 is 134 Å². The Labute approximate surface area is 789 Å². The molecule has 0 aliphatic carbocycles. The van der Waals surface area contributed by atoms with Gasteiger partial charge in [-0.3, -0.25) is 52.8 Å². The Hall–Kier alpha value is -12.4. The Bertz CT molecular complexity index is 5900. The van der Waals surface area contributed by atoms with E-state index < -0.39 is 296 Å². The molecule has 16 rings (SSSR count). The van der Waals surface area contributed by atoms with Gasteiger partial charge in [-0.2, -0.15) is 0 Å². The van der Waals surface area contributed by atoms with Crippen molar-refractivity contribution in [1.82, 2.24) is 57.7 Å². The number of carbonyl (C=O) groups excluding carboxylic acids is 10. The molecular weight excluding hydrogens is 1880 g/mol. The first-order valence-corrected chi connectivity index (χ1v) is 44.9. The number of thioether (sulfide) groups is 1. The number of fused-ring (bicyclic) bond motifs is 16. The first-order chi connectivity index (χ1) is 64.1. The van der Waals surface area contributed by atoms with Crippen LogP contribution in [0.15, 0.2) is 126 Å². The number of likely N-dealkylation sites (N-methyl/N-ethyl adjacent to an activating group) is 1. The smallest absolute Gasteiger partial charge is 0.352 e. The van der Waals surface area contributed by atoms with Crippen LogP contribution >= 0.6 is 57.9 Å². The van der Waals surface area contributed by atoms with Gasteiger partial charge in [0, 0.05) is 52.6 Å². The summed E-state index contributed by atoms with van der Waals surface area (Å²) in [5.41, 5.74) is 13.0. The van der Waals surface area contributed by atoms with E-state index in [-0.39, 0.29) is 68.8 Å². The number of β-lactam (4-membered cyclic amide) rings is 1. The zero-order valence-electron chi connectivity index (χ0n) is 71.9. The number of aliphatic hydroxyl groups is 6. The van der Waals surface area contributed by atoms with Crippen molar-refractivity contribution in [3.63, 3.8) is 0 Å². The number of amides is 10. The van der Waals surface area contributed by atoms with Gasteiger partial charge in [-0.15, -0.1) is 11.8 Å². The lowest BCUT2D eigenvalue weighted by Crippen LogP contribution is -2.71. The van der Waals surface area contributed by atoms with Gasteiger partial charge in [-0.1, -0.05) is 89.4 Å². The predicted octanol–water partition coefficient (Wildman–Crippen LogP) is -0.0229. The first-order valence-electron chi connectivity index (χ1n) is 41.9. The van der Waals surface area contributed by atoms with Crippen molar-refractivity contribution in [3.8, 4) is 57.1 Å². The third-order valence-corrected chi connectivity index (χ3v) is 26.2. The molecule has 3 fully saturated rings. The number of nitrogens with zero attached hydrogens (tertiary/aromatic N) is 4. The van der Waals surface area contributed by atoms with Gasteiger partial charge in [-0.05, 0) is 116 Å². The Morgan fingerprint density at radius 3 is 2.03 bits per heavy atom. The summed E-state index contributed by atoms with van der Waals surface area (Å²) < 4.78 is 40.3. The number of carboxylic acids is 1. The maximum absolute atomic E-state index is 16.4. The average molecular weight is 1970 g/mol. The number of phenolic OH excluding ortho intramolecular Hbond substituents is 3. The highest BCUT2D eigenvalue weighted by molar-refractivity contribution is 8.00. The summed E-state index contributed by atoms with van der Waals surface area (Å²) in [6.45, 7) is 4.38. The molecule has 7 aromatic rings. The SMILES string of the molecule is CN[C@H](CC(C)C)C(=O)NC1C(=O)N[C@@H](CC(N)=O)C(=O)N[C@H]2C(=O)N[C@H]3C(=O)N[C@H](C(=O)N[C@H](C(=O)NCCO/N=C(\C(=O)N[C@@H]4C(=O)N5C(C(=O)O)=C(C[n+]6ccccc6)CSC45)c4nc(N)sc4Cl)c4cc(O)cc(O)c4-c4cc3ccc4O)[C@H](O)c3ccc(c(Cl)c3)Oc3cc2cc(c3O[C@@H]2O[C@H](CO)[C@@H](O)[C@H](O)[C@H]2O[C@H]2C[C@](C)(N)[C@H](O)[C@H](C)O2)Oc2ccc(cc2Cl)[C@H]1O. The van der Waals surface area contributed by atoms with Crippen molar-refractivity contribution in [1.29, 1.82) is 0 Å². The number of phenols is 3. The lowest BCUT2D eigenvalue weighted by atomic mass is 9.86. The number of aliphatic carboxylic acids is 1.